The lowest BCUT2D eigenvalue weighted by Crippen LogP contribution is -2.18. The van der Waals surface area contributed by atoms with Crippen molar-refractivity contribution >= 4 is 0 Å². The highest BCUT2D eigenvalue weighted by molar-refractivity contribution is 4.93. The number of hydrogen-bond acceptors (Lipinski definition) is 1. The Balaban J connectivity index is 2.08. The molecule has 1 N–H and O–H groups in total. The Morgan fingerprint density at radius 1 is 1.22 bits per heavy atom. The minimum atomic E-state index is 1.15. The number of hydrogen-bond donors (Lipinski definition) is 1. The van der Waals surface area contributed by atoms with E-state index in [-0.39, 0.29) is 0 Å². The van der Waals surface area contributed by atoms with Crippen molar-refractivity contribution < 1.29 is 0 Å². The third-order valence-electron chi connectivity index (χ3n) is 1.99. The molecular formula is C8H16N. The topological polar surface area (TPSA) is 12.0 Å². The molecule has 1 nitrogen and oxygen atoms in total. The predicted octanol–water partition coefficient (Wildman–Crippen LogP) is 1.74. The smallest absolute Gasteiger partial charge is 0.00106 e. The van der Waals surface area contributed by atoms with Crippen LogP contribution in [0.25, 0.3) is 0 Å². The zero-order chi connectivity index (χ0) is 6.53. The van der Waals surface area contributed by atoms with Gasteiger partial charge in [0, 0.05) is 6.54 Å². The maximum absolute atomic E-state index is 3.20. The van der Waals surface area contributed by atoms with Gasteiger partial charge in [-0.2, -0.15) is 0 Å². The lowest BCUT2D eigenvalue weighted by molar-refractivity contribution is 0.510. The summed E-state index contributed by atoms with van der Waals surface area (Å²) in [7, 11) is 2.03. The summed E-state index contributed by atoms with van der Waals surface area (Å²) in [6.07, 6.45) is 7.06. The molecule has 0 amide bonds. The van der Waals surface area contributed by atoms with Crippen molar-refractivity contribution in [2.24, 2.45) is 0 Å². The van der Waals surface area contributed by atoms with E-state index >= 15 is 0 Å². The molecule has 0 heterocycles. The van der Waals surface area contributed by atoms with Gasteiger partial charge in [-0.1, -0.05) is 19.3 Å². The van der Waals surface area contributed by atoms with Crippen LogP contribution in [0.2, 0.25) is 0 Å². The third-order valence-corrected chi connectivity index (χ3v) is 1.99. The predicted molar refractivity (Wildman–Crippen MR) is 40.3 cm³/mol. The van der Waals surface area contributed by atoms with E-state index in [4.69, 9.17) is 0 Å². The van der Waals surface area contributed by atoms with Gasteiger partial charge in [0.25, 0.3) is 0 Å². The zero-order valence-corrected chi connectivity index (χ0v) is 6.24. The van der Waals surface area contributed by atoms with Crippen molar-refractivity contribution in [2.45, 2.75) is 32.1 Å². The van der Waals surface area contributed by atoms with Crippen molar-refractivity contribution in [3.05, 3.63) is 5.92 Å². The molecule has 0 spiro atoms. The molecule has 9 heavy (non-hydrogen) atoms. The van der Waals surface area contributed by atoms with Crippen molar-refractivity contribution in [1.29, 1.82) is 0 Å². The Morgan fingerprint density at radius 2 is 1.89 bits per heavy atom. The summed E-state index contributed by atoms with van der Waals surface area (Å²) in [6, 6.07) is 0. The molecule has 1 saturated carbocycles. The molecule has 1 rings (SSSR count). The van der Waals surface area contributed by atoms with Gasteiger partial charge in [-0.3, -0.25) is 0 Å². The molecule has 0 aromatic carbocycles. The summed E-state index contributed by atoms with van der Waals surface area (Å²) < 4.78 is 0. The fourth-order valence-corrected chi connectivity index (χ4v) is 1.48. The van der Waals surface area contributed by atoms with E-state index in [1.54, 1.807) is 5.92 Å². The van der Waals surface area contributed by atoms with Crippen molar-refractivity contribution in [3.63, 3.8) is 0 Å². The van der Waals surface area contributed by atoms with Gasteiger partial charge in [-0.15, -0.1) is 0 Å². The molecule has 1 aliphatic rings. The summed E-state index contributed by atoms with van der Waals surface area (Å²) in [5.74, 6) is 1.73. The van der Waals surface area contributed by atoms with Crippen LogP contribution in [-0.4, -0.2) is 13.6 Å². The average Bonchev–Trinajstić information content (AvgIpc) is 1.91. The first-order valence-corrected chi connectivity index (χ1v) is 3.91. The van der Waals surface area contributed by atoms with Gasteiger partial charge in [-0.25, -0.2) is 0 Å². The fraction of sp³-hybridized carbons (Fsp3) is 0.875. The lowest BCUT2D eigenvalue weighted by Gasteiger charge is -2.19. The Bertz CT molecular complexity index is 62.2. The molecule has 0 aliphatic heterocycles. The molecular weight excluding hydrogens is 110 g/mol. The van der Waals surface area contributed by atoms with E-state index in [1.807, 2.05) is 7.05 Å². The van der Waals surface area contributed by atoms with E-state index in [9.17, 15) is 0 Å². The number of nitrogens with one attached hydrogen (secondary N) is 1. The normalized spacial score (nSPS) is 22.3. The maximum Gasteiger partial charge on any atom is 0.00106 e. The molecule has 0 atom stereocenters. The lowest BCUT2D eigenvalue weighted by atomic mass is 9.89. The average molecular weight is 126 g/mol. The largest absolute Gasteiger partial charge is 0.319 e. The van der Waals surface area contributed by atoms with Gasteiger partial charge in [0.1, 0.15) is 0 Å². The van der Waals surface area contributed by atoms with Crippen molar-refractivity contribution in [3.8, 4) is 0 Å². The third kappa shape index (κ3) is 2.35. The van der Waals surface area contributed by atoms with Gasteiger partial charge in [-0.05, 0) is 25.8 Å². The molecule has 1 fully saturated rings. The first-order valence-electron chi connectivity index (χ1n) is 3.91. The van der Waals surface area contributed by atoms with Crippen molar-refractivity contribution in [2.75, 3.05) is 13.6 Å². The highest BCUT2D eigenvalue weighted by Crippen LogP contribution is 2.24. The maximum atomic E-state index is 3.20. The summed E-state index contributed by atoms with van der Waals surface area (Å²) in [4.78, 5) is 0. The molecule has 0 saturated heterocycles. The molecule has 1 heteroatoms. The SMILES string of the molecule is CNC[C]1CCCCC1. The highest BCUT2D eigenvalue weighted by Gasteiger charge is 2.11. The monoisotopic (exact) mass is 126 g/mol. The summed E-state index contributed by atoms with van der Waals surface area (Å²) >= 11 is 0. The molecule has 0 aromatic heterocycles. The van der Waals surface area contributed by atoms with E-state index in [0.29, 0.717) is 0 Å². The van der Waals surface area contributed by atoms with E-state index in [0.717, 1.165) is 6.54 Å². The molecule has 1 radical (unpaired) electrons. The Hall–Kier alpha value is -0.0400. The van der Waals surface area contributed by atoms with Gasteiger partial charge in [0.05, 0.1) is 0 Å². The summed E-state index contributed by atoms with van der Waals surface area (Å²) in [5.41, 5.74) is 0. The summed E-state index contributed by atoms with van der Waals surface area (Å²) in [6.45, 7) is 1.15. The Labute approximate surface area is 57.8 Å². The quantitative estimate of drug-likeness (QED) is 0.594. The van der Waals surface area contributed by atoms with Crippen molar-refractivity contribution in [1.82, 2.24) is 5.32 Å². The molecule has 53 valence electrons. The van der Waals surface area contributed by atoms with Crippen LogP contribution >= 0.6 is 0 Å². The van der Waals surface area contributed by atoms with E-state index in [1.165, 1.54) is 32.1 Å². The van der Waals surface area contributed by atoms with Crippen LogP contribution in [0.15, 0.2) is 0 Å². The Morgan fingerprint density at radius 3 is 2.44 bits per heavy atom. The van der Waals surface area contributed by atoms with Gasteiger partial charge in [0.15, 0.2) is 0 Å². The molecule has 1 aliphatic carbocycles. The first-order chi connectivity index (χ1) is 4.43. The van der Waals surface area contributed by atoms with Gasteiger partial charge in [0.2, 0.25) is 0 Å². The minimum absolute atomic E-state index is 1.15. The standard InChI is InChI=1S/C8H16N/c1-9-7-8-5-3-2-4-6-8/h9H,2-7H2,1H3. The van der Waals surface area contributed by atoms with Crippen LogP contribution in [0.4, 0.5) is 0 Å². The van der Waals surface area contributed by atoms with Gasteiger partial charge >= 0.3 is 0 Å². The fourth-order valence-electron chi connectivity index (χ4n) is 1.48. The second-order valence-electron chi connectivity index (χ2n) is 2.84. The van der Waals surface area contributed by atoms with Crippen LogP contribution in [0.3, 0.4) is 0 Å². The first kappa shape index (κ1) is 7.07. The Kier molecular flexibility index (Phi) is 3.05. The molecule has 0 bridgehead atoms. The van der Waals surface area contributed by atoms with E-state index in [2.05, 4.69) is 5.32 Å². The number of rotatable bonds is 2. The van der Waals surface area contributed by atoms with Crippen LogP contribution in [-0.2, 0) is 0 Å². The minimum Gasteiger partial charge on any atom is -0.319 e. The zero-order valence-electron chi connectivity index (χ0n) is 6.24. The molecule has 0 aromatic rings. The van der Waals surface area contributed by atoms with E-state index < -0.39 is 0 Å². The summed E-state index contributed by atoms with van der Waals surface area (Å²) in [5, 5.41) is 3.20. The molecule has 0 unspecified atom stereocenters. The second kappa shape index (κ2) is 3.89. The highest BCUT2D eigenvalue weighted by atomic mass is 14.8. The van der Waals surface area contributed by atoms with Crippen LogP contribution < -0.4 is 5.32 Å². The van der Waals surface area contributed by atoms with Gasteiger partial charge < -0.3 is 5.32 Å². The van der Waals surface area contributed by atoms with Crippen LogP contribution in [0.5, 0.6) is 0 Å². The van der Waals surface area contributed by atoms with Crippen LogP contribution in [0, 0.1) is 5.92 Å². The second-order valence-corrected chi connectivity index (χ2v) is 2.84. The van der Waals surface area contributed by atoms with Crippen LogP contribution in [0.1, 0.15) is 32.1 Å².